The van der Waals surface area contributed by atoms with Crippen molar-refractivity contribution in [3.8, 4) is 11.5 Å². The van der Waals surface area contributed by atoms with E-state index in [0.717, 1.165) is 36.3 Å². The van der Waals surface area contributed by atoms with Gasteiger partial charge in [0.15, 0.2) is 27.8 Å². The summed E-state index contributed by atoms with van der Waals surface area (Å²) in [6.07, 6.45) is 1.84. The average molecular weight is 537 g/mol. The predicted molar refractivity (Wildman–Crippen MR) is 141 cm³/mol. The number of nitrogens with zero attached hydrogens (tertiary/aromatic N) is 2. The Hall–Kier alpha value is -4.05. The molecular formula is C28H25FN2O6S. The summed E-state index contributed by atoms with van der Waals surface area (Å²) in [6.45, 7) is 5.68. The van der Waals surface area contributed by atoms with E-state index in [1.807, 2.05) is 0 Å². The highest BCUT2D eigenvalue weighted by molar-refractivity contribution is 7.17. The molecule has 8 nitrogen and oxygen atoms in total. The van der Waals surface area contributed by atoms with Gasteiger partial charge in [-0.2, -0.15) is 0 Å². The number of carbonyl (C=O) groups is 2. The first kappa shape index (κ1) is 25.6. The molecule has 0 saturated heterocycles. The maximum absolute atomic E-state index is 14.1. The molecule has 0 radical (unpaired) electrons. The maximum Gasteiger partial charge on any atom is 0.297 e. The lowest BCUT2D eigenvalue weighted by Crippen LogP contribution is -2.29. The second kappa shape index (κ2) is 10.0. The van der Waals surface area contributed by atoms with Gasteiger partial charge in [-0.25, -0.2) is 9.37 Å². The van der Waals surface area contributed by atoms with Crippen molar-refractivity contribution in [3.63, 3.8) is 0 Å². The molecule has 0 bridgehead atoms. The minimum atomic E-state index is -0.953. The van der Waals surface area contributed by atoms with Crippen molar-refractivity contribution in [3.05, 3.63) is 79.9 Å². The Morgan fingerprint density at radius 3 is 2.66 bits per heavy atom. The van der Waals surface area contributed by atoms with Gasteiger partial charge in [-0.15, -0.1) is 0 Å². The standard InChI is InChI=1S/C28H25FN2O6S/c1-5-6-11-36-20-9-7-16(12-21(20)35-4)23-22-24(33)18-13-17(29)8-10-19(18)37-25(22)27(34)31(23)28-30-14(2)26(38-28)15(3)32/h7-10,12-13,23H,5-6,11H2,1-4H3. The molecule has 4 aromatic rings. The number of anilines is 1. The molecule has 2 aromatic carbocycles. The zero-order chi connectivity index (χ0) is 27.1. The van der Waals surface area contributed by atoms with Gasteiger partial charge in [-0.1, -0.05) is 30.7 Å². The Kier molecular flexibility index (Phi) is 6.75. The van der Waals surface area contributed by atoms with Crippen LogP contribution in [0.25, 0.3) is 11.0 Å². The van der Waals surface area contributed by atoms with E-state index in [2.05, 4.69) is 11.9 Å². The largest absolute Gasteiger partial charge is 0.493 e. The van der Waals surface area contributed by atoms with Crippen molar-refractivity contribution < 1.29 is 27.9 Å². The number of Topliss-reactive ketones (excluding diaryl/α,β-unsaturated/α-hetero) is 1. The van der Waals surface area contributed by atoms with Crippen molar-refractivity contribution in [2.75, 3.05) is 18.6 Å². The summed E-state index contributed by atoms with van der Waals surface area (Å²) in [4.78, 5) is 45.9. The number of aromatic nitrogens is 1. The molecule has 3 heterocycles. The highest BCUT2D eigenvalue weighted by atomic mass is 32.1. The number of methoxy groups -OCH3 is 1. The number of hydrogen-bond donors (Lipinski definition) is 0. The highest BCUT2D eigenvalue weighted by Crippen LogP contribution is 2.44. The first-order chi connectivity index (χ1) is 18.2. The third-order valence-electron chi connectivity index (χ3n) is 6.40. The van der Waals surface area contributed by atoms with Crippen LogP contribution in [0, 0.1) is 12.7 Å². The number of thiazole rings is 1. The Balaban J connectivity index is 1.73. The van der Waals surface area contributed by atoms with E-state index in [4.69, 9.17) is 13.9 Å². The monoisotopic (exact) mass is 536 g/mol. The van der Waals surface area contributed by atoms with Gasteiger partial charge in [0.25, 0.3) is 5.91 Å². The van der Waals surface area contributed by atoms with Gasteiger partial charge in [0, 0.05) is 6.92 Å². The number of ketones is 1. The lowest BCUT2D eigenvalue weighted by molar-refractivity contribution is 0.0969. The Morgan fingerprint density at radius 1 is 1.18 bits per heavy atom. The number of unbranched alkanes of at least 4 members (excludes halogenated alkanes) is 1. The van der Waals surface area contributed by atoms with Crippen molar-refractivity contribution in [2.24, 2.45) is 0 Å². The summed E-state index contributed by atoms with van der Waals surface area (Å²) < 4.78 is 31.4. The zero-order valence-corrected chi connectivity index (χ0v) is 22.1. The molecular weight excluding hydrogens is 511 g/mol. The summed E-state index contributed by atoms with van der Waals surface area (Å²) >= 11 is 1.06. The van der Waals surface area contributed by atoms with Gasteiger partial charge >= 0.3 is 0 Å². The highest BCUT2D eigenvalue weighted by Gasteiger charge is 2.45. The average Bonchev–Trinajstić information content (AvgIpc) is 3.42. The minimum Gasteiger partial charge on any atom is -0.493 e. The second-order valence-electron chi connectivity index (χ2n) is 8.97. The van der Waals surface area contributed by atoms with Gasteiger partial charge in [-0.3, -0.25) is 19.3 Å². The zero-order valence-electron chi connectivity index (χ0n) is 21.3. The van der Waals surface area contributed by atoms with Gasteiger partial charge < -0.3 is 13.9 Å². The maximum atomic E-state index is 14.1. The molecule has 1 aliphatic rings. The molecule has 10 heteroatoms. The van der Waals surface area contributed by atoms with Crippen LogP contribution in [0.5, 0.6) is 11.5 Å². The third kappa shape index (κ3) is 4.24. The number of carbonyl (C=O) groups excluding carboxylic acids is 2. The van der Waals surface area contributed by atoms with Gasteiger partial charge in [-0.05, 0) is 49.2 Å². The van der Waals surface area contributed by atoms with E-state index in [1.54, 1.807) is 25.1 Å². The fraction of sp³-hybridized carbons (Fsp3) is 0.286. The molecule has 1 amide bonds. The number of hydrogen-bond acceptors (Lipinski definition) is 8. The molecule has 0 saturated carbocycles. The summed E-state index contributed by atoms with van der Waals surface area (Å²) in [5.74, 6) is -0.567. The number of fused-ring (bicyclic) bond motifs is 2. The number of amides is 1. The van der Waals surface area contributed by atoms with E-state index in [9.17, 15) is 18.8 Å². The molecule has 38 heavy (non-hydrogen) atoms. The Morgan fingerprint density at radius 2 is 1.97 bits per heavy atom. The van der Waals surface area contributed by atoms with E-state index >= 15 is 0 Å². The normalized spacial score (nSPS) is 14.7. The van der Waals surface area contributed by atoms with Crippen molar-refractivity contribution in [1.29, 1.82) is 0 Å². The predicted octanol–water partition coefficient (Wildman–Crippen LogP) is 5.84. The number of halogens is 1. The fourth-order valence-electron chi connectivity index (χ4n) is 4.57. The third-order valence-corrected chi connectivity index (χ3v) is 7.66. The van der Waals surface area contributed by atoms with Gasteiger partial charge in [0.1, 0.15) is 11.4 Å². The van der Waals surface area contributed by atoms with Crippen molar-refractivity contribution in [1.82, 2.24) is 4.98 Å². The van der Waals surface area contributed by atoms with E-state index < -0.39 is 23.2 Å². The minimum absolute atomic E-state index is 0.0228. The topological polar surface area (TPSA) is 98.9 Å². The number of benzene rings is 2. The SMILES string of the molecule is CCCCOc1ccc(C2c3c(oc4ccc(F)cc4c3=O)C(=O)N2c2nc(C)c(C(C)=O)s2)cc1OC. The molecule has 1 aliphatic heterocycles. The lowest BCUT2D eigenvalue weighted by atomic mass is 9.98. The first-order valence-electron chi connectivity index (χ1n) is 12.1. The summed E-state index contributed by atoms with van der Waals surface area (Å²) in [6, 6.07) is 7.79. The molecule has 2 aromatic heterocycles. The second-order valence-corrected chi connectivity index (χ2v) is 9.95. The molecule has 5 rings (SSSR count). The lowest BCUT2D eigenvalue weighted by Gasteiger charge is -2.23. The van der Waals surface area contributed by atoms with Gasteiger partial charge in [0.2, 0.25) is 5.76 Å². The number of ether oxygens (including phenoxy) is 2. The molecule has 0 aliphatic carbocycles. The Labute approximate surface area is 221 Å². The summed E-state index contributed by atoms with van der Waals surface area (Å²) in [7, 11) is 1.51. The van der Waals surface area contributed by atoms with Crippen LogP contribution in [0.15, 0.2) is 45.6 Å². The van der Waals surface area contributed by atoms with E-state index in [1.165, 1.54) is 25.0 Å². The van der Waals surface area contributed by atoms with Crippen LogP contribution in [0.4, 0.5) is 9.52 Å². The number of aryl methyl sites for hydroxylation is 1. The van der Waals surface area contributed by atoms with Crippen LogP contribution < -0.4 is 19.8 Å². The van der Waals surface area contributed by atoms with Crippen molar-refractivity contribution >= 4 is 39.1 Å². The molecule has 0 fully saturated rings. The van der Waals surface area contributed by atoms with Crippen molar-refractivity contribution in [2.45, 2.75) is 39.7 Å². The molecule has 0 spiro atoms. The van der Waals surface area contributed by atoms with Gasteiger partial charge in [0.05, 0.1) is 41.3 Å². The molecule has 0 N–H and O–H groups in total. The smallest absolute Gasteiger partial charge is 0.297 e. The van der Waals surface area contributed by atoms with Crippen LogP contribution in [-0.2, 0) is 0 Å². The molecule has 1 atom stereocenters. The quantitative estimate of drug-likeness (QED) is 0.206. The summed E-state index contributed by atoms with van der Waals surface area (Å²) in [5, 5.41) is 0.264. The van der Waals surface area contributed by atoms with E-state index in [-0.39, 0.29) is 33.2 Å². The fourth-order valence-corrected chi connectivity index (χ4v) is 5.56. The van der Waals surface area contributed by atoms with E-state index in [0.29, 0.717) is 34.2 Å². The summed E-state index contributed by atoms with van der Waals surface area (Å²) in [5.41, 5.74) is 0.651. The molecule has 196 valence electrons. The van der Waals surface area contributed by atoms with Crippen LogP contribution in [0.2, 0.25) is 0 Å². The molecule has 1 unspecified atom stereocenters. The van der Waals surface area contributed by atoms with Crippen LogP contribution >= 0.6 is 11.3 Å². The van der Waals surface area contributed by atoms with Crippen LogP contribution in [0.3, 0.4) is 0 Å². The van der Waals surface area contributed by atoms with Crippen LogP contribution in [-0.4, -0.2) is 30.4 Å². The first-order valence-corrected chi connectivity index (χ1v) is 13.0. The van der Waals surface area contributed by atoms with Crippen LogP contribution in [0.1, 0.15) is 69.8 Å². The Bertz CT molecular complexity index is 1640. The number of rotatable bonds is 8.